The smallest absolute Gasteiger partial charge is 0.327 e. The number of likely N-dealkylation sites (N-methyl/N-ethyl adjacent to an activating group) is 1. The second kappa shape index (κ2) is 5.69. The minimum absolute atomic E-state index is 0.0131. The first kappa shape index (κ1) is 15.2. The largest absolute Gasteiger partial charge is 0.491 e. The summed E-state index contributed by atoms with van der Waals surface area (Å²) in [5.41, 5.74) is -0.604. The number of carboxylic acids is 1. The highest BCUT2D eigenvalue weighted by Crippen LogP contribution is 2.40. The van der Waals surface area contributed by atoms with Gasteiger partial charge in [0.15, 0.2) is 5.54 Å². The summed E-state index contributed by atoms with van der Waals surface area (Å²) in [5, 5.41) is 23.1. The Morgan fingerprint density at radius 3 is 2.67 bits per heavy atom. The van der Waals surface area contributed by atoms with Gasteiger partial charge in [0.2, 0.25) is 0 Å². The number of nitrogens with zero attached hydrogens (tertiary/aromatic N) is 1. The van der Waals surface area contributed by atoms with Crippen molar-refractivity contribution in [3.63, 3.8) is 0 Å². The van der Waals surface area contributed by atoms with Crippen molar-refractivity contribution in [2.45, 2.75) is 25.3 Å². The zero-order valence-corrected chi connectivity index (χ0v) is 12.0. The van der Waals surface area contributed by atoms with E-state index in [4.69, 9.17) is 4.74 Å². The summed E-state index contributed by atoms with van der Waals surface area (Å²) in [6, 6.07) is 4.40. The van der Waals surface area contributed by atoms with E-state index >= 15 is 0 Å². The third kappa shape index (κ3) is 2.97. The topological polar surface area (TPSA) is 102 Å². The van der Waals surface area contributed by atoms with E-state index in [0.717, 1.165) is 12.8 Å². The fraction of sp³-hybridized carbons (Fsp3) is 0.500. The lowest BCUT2D eigenvalue weighted by atomic mass is 9.94. The molecule has 0 amide bonds. The van der Waals surface area contributed by atoms with Crippen molar-refractivity contribution in [1.82, 2.24) is 5.32 Å². The van der Waals surface area contributed by atoms with Gasteiger partial charge in [0.05, 0.1) is 4.92 Å². The van der Waals surface area contributed by atoms with Gasteiger partial charge in [-0.2, -0.15) is 0 Å². The Balaban J connectivity index is 2.13. The van der Waals surface area contributed by atoms with Crippen LogP contribution in [-0.2, 0) is 4.79 Å². The molecule has 7 nitrogen and oxygen atoms in total. The molecular weight excluding hydrogens is 276 g/mol. The number of aliphatic carboxylic acids is 1. The third-order valence-corrected chi connectivity index (χ3v) is 3.93. The van der Waals surface area contributed by atoms with Gasteiger partial charge in [-0.05, 0) is 44.9 Å². The summed E-state index contributed by atoms with van der Waals surface area (Å²) in [5.74, 6) is -0.454. The fourth-order valence-corrected chi connectivity index (χ4v) is 2.43. The predicted octanol–water partition coefficient (Wildman–Crippen LogP) is 1.73. The molecule has 114 valence electrons. The Kier molecular flexibility index (Phi) is 4.13. The number of hydrogen-bond donors (Lipinski definition) is 2. The Bertz CT molecular complexity index is 570. The zero-order valence-electron chi connectivity index (χ0n) is 12.0. The summed E-state index contributed by atoms with van der Waals surface area (Å²) >= 11 is 0. The molecule has 0 aromatic heterocycles. The molecule has 7 heteroatoms. The van der Waals surface area contributed by atoms with Gasteiger partial charge in [-0.15, -0.1) is 0 Å². The van der Waals surface area contributed by atoms with E-state index in [1.807, 2.05) is 0 Å². The molecule has 1 aliphatic rings. The average Bonchev–Trinajstić information content (AvgIpc) is 3.24. The molecular formula is C14H18N2O5. The van der Waals surface area contributed by atoms with Gasteiger partial charge in [-0.1, -0.05) is 0 Å². The average molecular weight is 294 g/mol. The number of nitro benzene ring substituents is 1. The first-order chi connectivity index (χ1) is 9.90. The van der Waals surface area contributed by atoms with Crippen molar-refractivity contribution in [3.05, 3.63) is 33.9 Å². The molecule has 0 saturated heterocycles. The first-order valence-electron chi connectivity index (χ1n) is 6.71. The lowest BCUT2D eigenvalue weighted by molar-refractivity contribution is -0.385. The van der Waals surface area contributed by atoms with Crippen molar-refractivity contribution in [2.24, 2.45) is 5.92 Å². The van der Waals surface area contributed by atoms with E-state index in [0.29, 0.717) is 11.3 Å². The fourth-order valence-electron chi connectivity index (χ4n) is 2.43. The van der Waals surface area contributed by atoms with Crippen molar-refractivity contribution >= 4 is 11.7 Å². The van der Waals surface area contributed by atoms with E-state index in [1.54, 1.807) is 20.0 Å². The van der Waals surface area contributed by atoms with E-state index in [2.05, 4.69) is 5.32 Å². The number of benzene rings is 1. The Labute approximate surface area is 122 Å². The lowest BCUT2D eigenvalue weighted by Gasteiger charge is -2.28. The predicted molar refractivity (Wildman–Crippen MR) is 75.5 cm³/mol. The number of carboxylic acid groups (broad SMARTS) is 1. The summed E-state index contributed by atoms with van der Waals surface area (Å²) in [7, 11) is 1.61. The van der Waals surface area contributed by atoms with Crippen molar-refractivity contribution < 1.29 is 19.6 Å². The molecule has 2 rings (SSSR count). The standard InChI is InChI=1S/C14H18N2O5/c1-9-7-11(5-6-12(9)16(19)20)21-8-14(15-2,13(17)18)10-3-4-10/h5-7,10,15H,3-4,8H2,1-2H3,(H,17,18). The number of hydrogen-bond acceptors (Lipinski definition) is 5. The number of rotatable bonds is 7. The normalized spacial score (nSPS) is 17.0. The van der Waals surface area contributed by atoms with E-state index in [1.165, 1.54) is 12.1 Å². The highest BCUT2D eigenvalue weighted by Gasteiger charge is 2.51. The molecule has 21 heavy (non-hydrogen) atoms. The minimum atomic E-state index is -1.10. The molecule has 1 aromatic carbocycles. The summed E-state index contributed by atoms with van der Waals surface area (Å²) < 4.78 is 5.57. The van der Waals surface area contributed by atoms with Gasteiger partial charge in [0, 0.05) is 11.6 Å². The second-order valence-electron chi connectivity index (χ2n) is 5.29. The van der Waals surface area contributed by atoms with Crippen LogP contribution in [0, 0.1) is 23.0 Å². The maximum Gasteiger partial charge on any atom is 0.327 e. The molecule has 0 heterocycles. The molecule has 1 saturated carbocycles. The van der Waals surface area contributed by atoms with Crippen LogP contribution < -0.4 is 10.1 Å². The van der Waals surface area contributed by atoms with Gasteiger partial charge in [0.25, 0.3) is 5.69 Å². The monoisotopic (exact) mass is 294 g/mol. The number of carbonyl (C=O) groups is 1. The second-order valence-corrected chi connectivity index (χ2v) is 5.29. The van der Waals surface area contributed by atoms with Gasteiger partial charge in [0.1, 0.15) is 12.4 Å². The van der Waals surface area contributed by atoms with Gasteiger partial charge < -0.3 is 15.2 Å². The van der Waals surface area contributed by atoms with Gasteiger partial charge in [-0.25, -0.2) is 0 Å². The maximum atomic E-state index is 11.5. The molecule has 1 unspecified atom stereocenters. The van der Waals surface area contributed by atoms with E-state index < -0.39 is 16.4 Å². The number of aryl methyl sites for hydroxylation is 1. The lowest BCUT2D eigenvalue weighted by Crippen LogP contribution is -2.56. The van der Waals surface area contributed by atoms with Gasteiger partial charge in [-0.3, -0.25) is 14.9 Å². The number of nitrogens with one attached hydrogen (secondary N) is 1. The molecule has 0 radical (unpaired) electrons. The van der Waals surface area contributed by atoms with Crippen LogP contribution in [0.3, 0.4) is 0 Å². The quantitative estimate of drug-likeness (QED) is 0.586. The van der Waals surface area contributed by atoms with Crippen LogP contribution in [-0.4, -0.2) is 35.2 Å². The summed E-state index contributed by atoms with van der Waals surface area (Å²) in [6.45, 7) is 1.61. The van der Waals surface area contributed by atoms with Crippen LogP contribution in [0.15, 0.2) is 18.2 Å². The highest BCUT2D eigenvalue weighted by molar-refractivity contribution is 5.80. The van der Waals surface area contributed by atoms with Crippen LogP contribution in [0.25, 0.3) is 0 Å². The number of nitro groups is 1. The van der Waals surface area contributed by atoms with E-state index in [9.17, 15) is 20.0 Å². The molecule has 1 atom stereocenters. The number of ether oxygens (including phenoxy) is 1. The van der Waals surface area contributed by atoms with Crippen LogP contribution in [0.1, 0.15) is 18.4 Å². The molecule has 1 aromatic rings. The van der Waals surface area contributed by atoms with Crippen LogP contribution in [0.4, 0.5) is 5.69 Å². The first-order valence-corrected chi connectivity index (χ1v) is 6.71. The van der Waals surface area contributed by atoms with Crippen molar-refractivity contribution in [3.8, 4) is 5.75 Å². The summed E-state index contributed by atoms with van der Waals surface area (Å²) in [4.78, 5) is 21.8. The molecule has 1 fully saturated rings. The van der Waals surface area contributed by atoms with Crippen molar-refractivity contribution in [1.29, 1.82) is 0 Å². The highest BCUT2D eigenvalue weighted by atomic mass is 16.6. The maximum absolute atomic E-state index is 11.5. The van der Waals surface area contributed by atoms with Crippen LogP contribution in [0.5, 0.6) is 5.75 Å². The zero-order chi connectivity index (χ0) is 15.6. The minimum Gasteiger partial charge on any atom is -0.491 e. The Morgan fingerprint density at radius 1 is 1.57 bits per heavy atom. The van der Waals surface area contributed by atoms with Crippen molar-refractivity contribution in [2.75, 3.05) is 13.7 Å². The Morgan fingerprint density at radius 2 is 2.24 bits per heavy atom. The Hall–Kier alpha value is -2.15. The molecule has 0 aliphatic heterocycles. The SMILES string of the molecule is CNC(COc1ccc([N+](=O)[O-])c(C)c1)(C(=O)O)C1CC1. The molecule has 1 aliphatic carbocycles. The molecule has 0 bridgehead atoms. The van der Waals surface area contributed by atoms with Crippen LogP contribution in [0.2, 0.25) is 0 Å². The van der Waals surface area contributed by atoms with E-state index in [-0.39, 0.29) is 18.2 Å². The molecule has 2 N–H and O–H groups in total. The summed E-state index contributed by atoms with van der Waals surface area (Å²) in [6.07, 6.45) is 1.71. The van der Waals surface area contributed by atoms with Gasteiger partial charge >= 0.3 is 5.97 Å². The molecule has 0 spiro atoms. The van der Waals surface area contributed by atoms with Crippen LogP contribution >= 0.6 is 0 Å². The third-order valence-electron chi connectivity index (χ3n) is 3.93.